The van der Waals surface area contributed by atoms with Crippen LogP contribution in [0.1, 0.15) is 0 Å². The monoisotopic (exact) mass is 182 g/mol. The fourth-order valence-electron chi connectivity index (χ4n) is 0.791. The number of hydrogen-bond donors (Lipinski definition) is 0. The van der Waals surface area contributed by atoms with Crippen molar-refractivity contribution < 1.29 is 0 Å². The first kappa shape index (κ1) is 8.82. The number of hydrogen-bond acceptors (Lipinski definition) is 2. The number of halogens is 1. The van der Waals surface area contributed by atoms with Crippen molar-refractivity contribution in [3.05, 3.63) is 34.7 Å². The maximum absolute atomic E-state index is 10.7. The van der Waals surface area contributed by atoms with Crippen molar-refractivity contribution in [1.82, 2.24) is 4.57 Å². The van der Waals surface area contributed by atoms with E-state index in [9.17, 15) is 4.79 Å². The summed E-state index contributed by atoms with van der Waals surface area (Å²) in [6.45, 7) is 0.401. The Labute approximate surface area is 74.8 Å². The fraction of sp³-hybridized carbons (Fsp3) is 0.250. The van der Waals surface area contributed by atoms with Gasteiger partial charge in [0.05, 0.1) is 12.6 Å². The minimum absolute atomic E-state index is 0.0469. The SMILES string of the molecule is N#CC(Cl)Cn1ccc(=O)cc1. The molecule has 3 nitrogen and oxygen atoms in total. The molecular weight excluding hydrogens is 176 g/mol. The first-order valence-corrected chi connectivity index (χ1v) is 3.86. The summed E-state index contributed by atoms with van der Waals surface area (Å²) in [5, 5.41) is 7.85. The highest BCUT2D eigenvalue weighted by atomic mass is 35.5. The molecule has 0 N–H and O–H groups in total. The molecular formula is C8H7ClN2O. The molecule has 1 heterocycles. The number of nitriles is 1. The van der Waals surface area contributed by atoms with E-state index >= 15 is 0 Å². The van der Waals surface area contributed by atoms with Gasteiger partial charge in [-0.2, -0.15) is 5.26 Å². The summed E-state index contributed by atoms with van der Waals surface area (Å²) in [5.74, 6) is 0. The second kappa shape index (κ2) is 3.93. The van der Waals surface area contributed by atoms with Gasteiger partial charge in [-0.1, -0.05) is 0 Å². The third kappa shape index (κ3) is 2.40. The molecule has 0 aliphatic carbocycles. The van der Waals surface area contributed by atoms with Crippen molar-refractivity contribution in [2.24, 2.45) is 0 Å². The maximum atomic E-state index is 10.7. The van der Waals surface area contributed by atoms with Crippen molar-refractivity contribution >= 4 is 11.6 Å². The van der Waals surface area contributed by atoms with Crippen LogP contribution in [0.4, 0.5) is 0 Å². The van der Waals surface area contributed by atoms with Gasteiger partial charge in [-0.15, -0.1) is 11.6 Å². The number of alkyl halides is 1. The van der Waals surface area contributed by atoms with Gasteiger partial charge in [0.1, 0.15) is 5.38 Å². The first-order valence-electron chi connectivity index (χ1n) is 3.42. The average Bonchev–Trinajstić information content (AvgIpc) is 2.09. The molecule has 0 fully saturated rings. The Morgan fingerprint density at radius 2 is 2.17 bits per heavy atom. The van der Waals surface area contributed by atoms with Crippen molar-refractivity contribution in [2.45, 2.75) is 11.9 Å². The molecule has 0 aromatic carbocycles. The molecule has 1 aromatic rings. The molecule has 0 spiro atoms. The molecule has 0 saturated carbocycles. The summed E-state index contributed by atoms with van der Waals surface area (Å²) in [5.41, 5.74) is -0.0469. The fourth-order valence-corrected chi connectivity index (χ4v) is 0.951. The smallest absolute Gasteiger partial charge is 0.181 e. The summed E-state index contributed by atoms with van der Waals surface area (Å²) in [4.78, 5) is 10.7. The molecule has 0 radical (unpaired) electrons. The molecule has 62 valence electrons. The lowest BCUT2D eigenvalue weighted by Crippen LogP contribution is -2.10. The van der Waals surface area contributed by atoms with Gasteiger partial charge in [0.2, 0.25) is 0 Å². The summed E-state index contributed by atoms with van der Waals surface area (Å²) in [6.07, 6.45) is 3.21. The summed E-state index contributed by atoms with van der Waals surface area (Å²) >= 11 is 5.58. The third-order valence-corrected chi connectivity index (χ3v) is 1.61. The number of aromatic nitrogens is 1. The molecule has 1 unspecified atom stereocenters. The minimum atomic E-state index is -0.549. The Hall–Kier alpha value is -1.27. The van der Waals surface area contributed by atoms with Crippen LogP contribution in [0.25, 0.3) is 0 Å². The van der Waals surface area contributed by atoms with Crippen LogP contribution in [0.15, 0.2) is 29.3 Å². The van der Waals surface area contributed by atoms with Gasteiger partial charge in [0, 0.05) is 24.5 Å². The van der Waals surface area contributed by atoms with E-state index < -0.39 is 5.38 Å². The van der Waals surface area contributed by atoms with Crippen molar-refractivity contribution in [3.63, 3.8) is 0 Å². The van der Waals surface area contributed by atoms with Gasteiger partial charge in [-0.25, -0.2) is 0 Å². The Morgan fingerprint density at radius 3 is 2.67 bits per heavy atom. The Kier molecular flexibility index (Phi) is 2.89. The van der Waals surface area contributed by atoms with E-state index in [0.29, 0.717) is 6.54 Å². The molecule has 1 aromatic heterocycles. The summed E-state index contributed by atoms with van der Waals surface area (Å²) < 4.78 is 1.70. The van der Waals surface area contributed by atoms with Gasteiger partial charge in [0.25, 0.3) is 0 Å². The zero-order valence-electron chi connectivity index (χ0n) is 6.27. The lowest BCUT2D eigenvalue weighted by atomic mass is 10.4. The third-order valence-electron chi connectivity index (χ3n) is 1.37. The Morgan fingerprint density at radius 1 is 1.58 bits per heavy atom. The van der Waals surface area contributed by atoms with Gasteiger partial charge >= 0.3 is 0 Å². The lowest BCUT2D eigenvalue weighted by molar-refractivity contribution is 0.714. The molecule has 1 rings (SSSR count). The summed E-state index contributed by atoms with van der Waals surface area (Å²) in [6, 6.07) is 4.76. The molecule has 0 aliphatic rings. The van der Waals surface area contributed by atoms with Gasteiger partial charge < -0.3 is 4.57 Å². The molecule has 0 amide bonds. The maximum Gasteiger partial charge on any atom is 0.181 e. The van der Waals surface area contributed by atoms with E-state index in [4.69, 9.17) is 16.9 Å². The minimum Gasteiger partial charge on any atom is -0.351 e. The summed E-state index contributed by atoms with van der Waals surface area (Å²) in [7, 11) is 0. The molecule has 0 bridgehead atoms. The second-order valence-electron chi connectivity index (χ2n) is 2.33. The highest BCUT2D eigenvalue weighted by Gasteiger charge is 2.00. The largest absolute Gasteiger partial charge is 0.351 e. The molecule has 0 aliphatic heterocycles. The molecule has 1 atom stereocenters. The van der Waals surface area contributed by atoms with Crippen LogP contribution in [0, 0.1) is 11.3 Å². The van der Waals surface area contributed by atoms with E-state index in [1.807, 2.05) is 6.07 Å². The highest BCUT2D eigenvalue weighted by Crippen LogP contribution is 1.97. The van der Waals surface area contributed by atoms with Crippen LogP contribution < -0.4 is 5.43 Å². The average molecular weight is 183 g/mol. The van der Waals surface area contributed by atoms with Crippen LogP contribution in [0.3, 0.4) is 0 Å². The standard InChI is InChI=1S/C8H7ClN2O/c9-7(5-10)6-11-3-1-8(12)2-4-11/h1-4,7H,6H2. The number of rotatable bonds is 2. The Balaban J connectivity index is 2.72. The van der Waals surface area contributed by atoms with Gasteiger partial charge in [0.15, 0.2) is 5.43 Å². The van der Waals surface area contributed by atoms with Crippen LogP contribution >= 0.6 is 11.6 Å². The van der Waals surface area contributed by atoms with E-state index in [-0.39, 0.29) is 5.43 Å². The van der Waals surface area contributed by atoms with Gasteiger partial charge in [-0.3, -0.25) is 4.79 Å². The van der Waals surface area contributed by atoms with Crippen molar-refractivity contribution in [3.8, 4) is 6.07 Å². The first-order chi connectivity index (χ1) is 5.72. The predicted octanol–water partition coefficient (Wildman–Crippen LogP) is 0.979. The zero-order chi connectivity index (χ0) is 8.97. The van der Waals surface area contributed by atoms with E-state index in [1.165, 1.54) is 12.1 Å². The molecule has 4 heteroatoms. The Bertz CT molecular complexity index is 332. The zero-order valence-corrected chi connectivity index (χ0v) is 7.03. The highest BCUT2D eigenvalue weighted by molar-refractivity contribution is 6.22. The van der Waals surface area contributed by atoms with Crippen molar-refractivity contribution in [1.29, 1.82) is 5.26 Å². The quantitative estimate of drug-likeness (QED) is 0.640. The van der Waals surface area contributed by atoms with Gasteiger partial charge in [-0.05, 0) is 0 Å². The molecule has 0 saturated heterocycles. The number of nitrogens with zero attached hydrogens (tertiary/aromatic N) is 2. The van der Waals surface area contributed by atoms with E-state index in [2.05, 4.69) is 0 Å². The van der Waals surface area contributed by atoms with Crippen LogP contribution in [0.2, 0.25) is 0 Å². The molecule has 12 heavy (non-hydrogen) atoms. The lowest BCUT2D eigenvalue weighted by Gasteiger charge is -2.04. The second-order valence-corrected chi connectivity index (χ2v) is 2.85. The van der Waals surface area contributed by atoms with E-state index in [0.717, 1.165) is 0 Å². The number of pyridine rings is 1. The van der Waals surface area contributed by atoms with Crippen LogP contribution in [-0.2, 0) is 6.54 Å². The topological polar surface area (TPSA) is 45.8 Å². The normalized spacial score (nSPS) is 12.0. The van der Waals surface area contributed by atoms with Crippen molar-refractivity contribution in [2.75, 3.05) is 0 Å². The predicted molar refractivity (Wildman–Crippen MR) is 46.0 cm³/mol. The van der Waals surface area contributed by atoms with Crippen LogP contribution in [-0.4, -0.2) is 9.94 Å². The van der Waals surface area contributed by atoms with Crippen LogP contribution in [0.5, 0.6) is 0 Å². The van der Waals surface area contributed by atoms with E-state index in [1.54, 1.807) is 17.0 Å².